The molecule has 1 aliphatic rings. The molecule has 1 fully saturated rings. The van der Waals surface area contributed by atoms with Crippen molar-refractivity contribution in [3.63, 3.8) is 0 Å². The molecular weight excluding hydrogens is 375 g/mol. The highest BCUT2D eigenvalue weighted by Crippen LogP contribution is 2.42. The molecule has 0 unspecified atom stereocenters. The van der Waals surface area contributed by atoms with E-state index >= 15 is 0 Å². The maximum absolute atomic E-state index is 12.8. The number of carbonyl (C=O) groups is 1. The minimum Gasteiger partial charge on any atom is -0.426 e. The Kier molecular flexibility index (Phi) is 4.29. The van der Waals surface area contributed by atoms with Gasteiger partial charge in [-0.05, 0) is 59.2 Å². The maximum Gasteiger partial charge on any atom is 0.321 e. The topological polar surface area (TPSA) is 26.3 Å². The number of rotatable bonds is 3. The van der Waals surface area contributed by atoms with Gasteiger partial charge in [0.2, 0.25) is 0 Å². The number of ether oxygens (including phenoxy) is 1. The zero-order valence-corrected chi connectivity index (χ0v) is 13.9. The first-order valence-corrected chi connectivity index (χ1v) is 8.32. The van der Waals surface area contributed by atoms with Gasteiger partial charge in [0, 0.05) is 3.57 Å². The van der Waals surface area contributed by atoms with Crippen molar-refractivity contribution in [3.8, 4) is 5.75 Å². The summed E-state index contributed by atoms with van der Waals surface area (Å²) in [5.74, 6) is 0.516. The molecule has 0 bridgehead atoms. The fourth-order valence-corrected chi connectivity index (χ4v) is 3.60. The summed E-state index contributed by atoms with van der Waals surface area (Å²) in [6, 6.07) is 17.7. The minimum atomic E-state index is -0.470. The van der Waals surface area contributed by atoms with Crippen molar-refractivity contribution in [3.05, 3.63) is 63.7 Å². The van der Waals surface area contributed by atoms with E-state index in [1.807, 2.05) is 54.6 Å². The van der Waals surface area contributed by atoms with Gasteiger partial charge >= 0.3 is 5.97 Å². The molecule has 0 aliphatic heterocycles. The standard InChI is InChI=1S/C18H17IO2/c19-15-9-6-10-16(13-15)21-17(20)18(11-4-5-12-18)14-7-2-1-3-8-14/h1-3,6-10,13H,4-5,11-12H2. The molecule has 0 atom stereocenters. The van der Waals surface area contributed by atoms with Crippen molar-refractivity contribution in [2.24, 2.45) is 0 Å². The lowest BCUT2D eigenvalue weighted by atomic mass is 9.79. The van der Waals surface area contributed by atoms with Crippen LogP contribution in [0.4, 0.5) is 0 Å². The summed E-state index contributed by atoms with van der Waals surface area (Å²) < 4.78 is 6.76. The molecule has 0 saturated heterocycles. The van der Waals surface area contributed by atoms with Gasteiger partial charge in [-0.25, -0.2) is 0 Å². The minimum absolute atomic E-state index is 0.117. The van der Waals surface area contributed by atoms with E-state index in [0.29, 0.717) is 5.75 Å². The Labute approximate surface area is 138 Å². The van der Waals surface area contributed by atoms with Crippen molar-refractivity contribution < 1.29 is 9.53 Å². The van der Waals surface area contributed by atoms with E-state index in [-0.39, 0.29) is 5.97 Å². The quantitative estimate of drug-likeness (QED) is 0.430. The molecule has 3 heteroatoms. The number of benzene rings is 2. The molecule has 0 N–H and O–H groups in total. The lowest BCUT2D eigenvalue weighted by Gasteiger charge is -2.27. The third-order valence-corrected chi connectivity index (χ3v) is 4.85. The van der Waals surface area contributed by atoms with Crippen molar-refractivity contribution >= 4 is 28.6 Å². The van der Waals surface area contributed by atoms with E-state index in [2.05, 4.69) is 22.6 Å². The Morgan fingerprint density at radius 1 is 1.00 bits per heavy atom. The monoisotopic (exact) mass is 392 g/mol. The van der Waals surface area contributed by atoms with Crippen LogP contribution in [0.5, 0.6) is 5.75 Å². The summed E-state index contributed by atoms with van der Waals surface area (Å²) in [5, 5.41) is 0. The van der Waals surface area contributed by atoms with Crippen LogP contribution in [0.2, 0.25) is 0 Å². The first-order valence-electron chi connectivity index (χ1n) is 7.24. The first-order chi connectivity index (χ1) is 10.2. The third-order valence-electron chi connectivity index (χ3n) is 4.18. The van der Waals surface area contributed by atoms with E-state index in [1.165, 1.54) is 0 Å². The van der Waals surface area contributed by atoms with Crippen LogP contribution in [0.3, 0.4) is 0 Å². The van der Waals surface area contributed by atoms with Crippen LogP contribution in [-0.4, -0.2) is 5.97 Å². The molecule has 0 aromatic heterocycles. The molecule has 0 spiro atoms. The average Bonchev–Trinajstić information content (AvgIpc) is 2.99. The lowest BCUT2D eigenvalue weighted by molar-refractivity contribution is -0.140. The molecule has 2 aromatic rings. The van der Waals surface area contributed by atoms with Crippen LogP contribution in [0.15, 0.2) is 54.6 Å². The summed E-state index contributed by atoms with van der Waals surface area (Å²) in [6.07, 6.45) is 3.91. The van der Waals surface area contributed by atoms with Crippen LogP contribution in [0.25, 0.3) is 0 Å². The van der Waals surface area contributed by atoms with Gasteiger partial charge in [-0.3, -0.25) is 4.79 Å². The van der Waals surface area contributed by atoms with Gasteiger partial charge in [0.05, 0.1) is 5.41 Å². The van der Waals surface area contributed by atoms with Gasteiger partial charge in [-0.15, -0.1) is 0 Å². The Morgan fingerprint density at radius 3 is 2.38 bits per heavy atom. The maximum atomic E-state index is 12.8. The molecule has 1 aliphatic carbocycles. The number of hydrogen-bond donors (Lipinski definition) is 0. The highest BCUT2D eigenvalue weighted by molar-refractivity contribution is 14.1. The number of carbonyl (C=O) groups excluding carboxylic acids is 1. The average molecular weight is 392 g/mol. The van der Waals surface area contributed by atoms with Crippen molar-refractivity contribution in [2.75, 3.05) is 0 Å². The highest BCUT2D eigenvalue weighted by Gasteiger charge is 2.44. The number of esters is 1. The van der Waals surface area contributed by atoms with E-state index in [0.717, 1.165) is 34.8 Å². The third kappa shape index (κ3) is 2.98. The van der Waals surface area contributed by atoms with Gasteiger partial charge < -0.3 is 4.74 Å². The SMILES string of the molecule is O=C(Oc1cccc(I)c1)C1(c2ccccc2)CCCC1. The fraction of sp³-hybridized carbons (Fsp3) is 0.278. The summed E-state index contributed by atoms with van der Waals surface area (Å²) in [5.41, 5.74) is 0.612. The first kappa shape index (κ1) is 14.6. The van der Waals surface area contributed by atoms with Gasteiger partial charge in [-0.1, -0.05) is 49.2 Å². The lowest BCUT2D eigenvalue weighted by Crippen LogP contribution is -2.36. The van der Waals surface area contributed by atoms with Crippen molar-refractivity contribution in [1.29, 1.82) is 0 Å². The van der Waals surface area contributed by atoms with E-state index < -0.39 is 5.41 Å². The zero-order chi connectivity index (χ0) is 14.7. The molecule has 21 heavy (non-hydrogen) atoms. The molecule has 108 valence electrons. The molecule has 1 saturated carbocycles. The Balaban J connectivity index is 1.89. The van der Waals surface area contributed by atoms with Gasteiger partial charge in [0.25, 0.3) is 0 Å². The smallest absolute Gasteiger partial charge is 0.321 e. The summed E-state index contributed by atoms with van der Waals surface area (Å²) in [7, 11) is 0. The van der Waals surface area contributed by atoms with Gasteiger partial charge in [0.1, 0.15) is 5.75 Å². The molecule has 2 nitrogen and oxygen atoms in total. The second-order valence-electron chi connectivity index (χ2n) is 5.50. The van der Waals surface area contributed by atoms with E-state index in [4.69, 9.17) is 4.74 Å². The van der Waals surface area contributed by atoms with E-state index in [9.17, 15) is 4.79 Å². The van der Waals surface area contributed by atoms with Gasteiger partial charge in [0.15, 0.2) is 0 Å². The molecule has 0 radical (unpaired) electrons. The molecule has 0 heterocycles. The summed E-state index contributed by atoms with van der Waals surface area (Å²) in [4.78, 5) is 12.8. The molecule has 3 rings (SSSR count). The Hall–Kier alpha value is -1.36. The number of halogens is 1. The predicted octanol–water partition coefficient (Wildman–Crippen LogP) is 4.71. The second kappa shape index (κ2) is 6.18. The van der Waals surface area contributed by atoms with Crippen LogP contribution in [0, 0.1) is 3.57 Å². The Morgan fingerprint density at radius 2 is 1.71 bits per heavy atom. The Bertz CT molecular complexity index is 631. The number of hydrogen-bond acceptors (Lipinski definition) is 2. The molecular formula is C18H17IO2. The van der Waals surface area contributed by atoms with Crippen LogP contribution in [-0.2, 0) is 10.2 Å². The fourth-order valence-electron chi connectivity index (χ4n) is 3.08. The van der Waals surface area contributed by atoms with E-state index in [1.54, 1.807) is 0 Å². The normalized spacial score (nSPS) is 16.6. The van der Waals surface area contributed by atoms with Crippen LogP contribution in [0.1, 0.15) is 31.2 Å². The largest absolute Gasteiger partial charge is 0.426 e. The molecule has 0 amide bonds. The van der Waals surface area contributed by atoms with Crippen molar-refractivity contribution in [2.45, 2.75) is 31.1 Å². The summed E-state index contributed by atoms with van der Waals surface area (Å²) in [6.45, 7) is 0. The molecule has 2 aromatic carbocycles. The van der Waals surface area contributed by atoms with Crippen molar-refractivity contribution in [1.82, 2.24) is 0 Å². The van der Waals surface area contributed by atoms with Gasteiger partial charge in [-0.2, -0.15) is 0 Å². The zero-order valence-electron chi connectivity index (χ0n) is 11.7. The summed E-state index contributed by atoms with van der Waals surface area (Å²) >= 11 is 2.22. The predicted molar refractivity (Wildman–Crippen MR) is 91.4 cm³/mol. The highest BCUT2D eigenvalue weighted by atomic mass is 127. The second-order valence-corrected chi connectivity index (χ2v) is 6.75. The van der Waals surface area contributed by atoms with Crippen LogP contribution < -0.4 is 4.74 Å². The van der Waals surface area contributed by atoms with Crippen LogP contribution >= 0.6 is 22.6 Å².